The van der Waals surface area contributed by atoms with Crippen LogP contribution in [0, 0.1) is 18.7 Å². The molecule has 0 radical (unpaired) electrons. The first-order valence-electron chi connectivity index (χ1n) is 9.66. The minimum Gasteiger partial charge on any atom is -0.491 e. The number of aromatic nitrogens is 2. The zero-order valence-electron chi connectivity index (χ0n) is 16.7. The Hall–Kier alpha value is -2.78. The Kier molecular flexibility index (Phi) is 6.10. The summed E-state index contributed by atoms with van der Waals surface area (Å²) < 4.78 is 30.1. The molecule has 7 nitrogen and oxygen atoms in total. The van der Waals surface area contributed by atoms with Crippen molar-refractivity contribution in [2.75, 3.05) is 32.2 Å². The quantitative estimate of drug-likeness (QED) is 0.577. The van der Waals surface area contributed by atoms with E-state index in [0.717, 1.165) is 37.0 Å². The Morgan fingerprint density at radius 3 is 2.90 bits per heavy atom. The van der Waals surface area contributed by atoms with Gasteiger partial charge in [-0.15, -0.1) is 11.3 Å². The number of fused-ring (bicyclic) bond motifs is 1. The molecule has 1 N–H and O–H groups in total. The molecule has 4 rings (SSSR count). The van der Waals surface area contributed by atoms with E-state index in [-0.39, 0.29) is 5.82 Å². The molecule has 0 aliphatic carbocycles. The molecule has 3 aromatic rings. The van der Waals surface area contributed by atoms with Gasteiger partial charge in [-0.2, -0.15) is 0 Å². The number of hydrogen-bond acceptors (Lipinski definition) is 8. The molecule has 9 heteroatoms. The van der Waals surface area contributed by atoms with Crippen LogP contribution in [0.1, 0.15) is 28.1 Å². The Morgan fingerprint density at radius 1 is 1.33 bits per heavy atom. The summed E-state index contributed by atoms with van der Waals surface area (Å²) in [5.74, 6) is 0.516. The number of nitrogens with one attached hydrogen (secondary N) is 1. The lowest BCUT2D eigenvalue weighted by atomic mass is 10.0. The lowest BCUT2D eigenvalue weighted by Crippen LogP contribution is -2.21. The average molecular weight is 431 g/mol. The van der Waals surface area contributed by atoms with Crippen molar-refractivity contribution in [2.24, 2.45) is 5.92 Å². The Morgan fingerprint density at radius 2 is 2.13 bits per heavy atom. The molecular formula is C21H22FN3O4S. The van der Waals surface area contributed by atoms with Crippen molar-refractivity contribution in [3.05, 3.63) is 40.8 Å². The summed E-state index contributed by atoms with van der Waals surface area (Å²) in [5.41, 5.74) is 1.32. The fourth-order valence-electron chi connectivity index (χ4n) is 3.42. The van der Waals surface area contributed by atoms with Gasteiger partial charge in [0.15, 0.2) is 0 Å². The molecule has 158 valence electrons. The number of ether oxygens (including phenoxy) is 3. The summed E-state index contributed by atoms with van der Waals surface area (Å²) in [6, 6.07) is 4.34. The van der Waals surface area contributed by atoms with Crippen LogP contribution in [0.25, 0.3) is 10.2 Å². The number of carbonyl (C=O) groups is 1. The third-order valence-corrected chi connectivity index (χ3v) is 6.29. The van der Waals surface area contributed by atoms with Crippen molar-refractivity contribution in [3.8, 4) is 5.75 Å². The molecule has 0 unspecified atom stereocenters. The summed E-state index contributed by atoms with van der Waals surface area (Å²) in [7, 11) is 1.34. The Labute approximate surface area is 177 Å². The Balaban J connectivity index is 1.63. The standard InChI is InChI=1S/C21H22FN3O4S/c1-12-17-19(23-11-24-20(17)30-18(12)21(26)27-2)25-15-4-3-14(22)9-16(15)29-10-13-5-7-28-8-6-13/h3-4,9,11,13H,5-8,10H2,1-2H3,(H,23,24,25). The SMILES string of the molecule is COC(=O)c1sc2ncnc(Nc3ccc(F)cc3OCC3CCOCC3)c2c1C. The number of anilines is 2. The first kappa shape index (κ1) is 20.5. The van der Waals surface area contributed by atoms with Gasteiger partial charge in [0.25, 0.3) is 0 Å². The number of hydrogen-bond donors (Lipinski definition) is 1. The van der Waals surface area contributed by atoms with E-state index >= 15 is 0 Å². The minimum absolute atomic E-state index is 0.377. The molecule has 30 heavy (non-hydrogen) atoms. The van der Waals surface area contributed by atoms with Gasteiger partial charge in [-0.05, 0) is 43.4 Å². The summed E-state index contributed by atoms with van der Waals surface area (Å²) in [4.78, 5) is 21.8. The second-order valence-corrected chi connectivity index (χ2v) is 8.08. The maximum atomic E-state index is 13.9. The highest BCUT2D eigenvalue weighted by molar-refractivity contribution is 7.20. The van der Waals surface area contributed by atoms with E-state index in [1.54, 1.807) is 6.07 Å². The number of thiophene rings is 1. The fourth-order valence-corrected chi connectivity index (χ4v) is 4.49. The van der Waals surface area contributed by atoms with Crippen LogP contribution in [0.3, 0.4) is 0 Å². The van der Waals surface area contributed by atoms with Crippen LogP contribution < -0.4 is 10.1 Å². The molecule has 1 saturated heterocycles. The van der Waals surface area contributed by atoms with Crippen LogP contribution in [0.5, 0.6) is 5.75 Å². The third-order valence-electron chi connectivity index (χ3n) is 5.11. The second-order valence-electron chi connectivity index (χ2n) is 7.08. The predicted molar refractivity (Wildman–Crippen MR) is 112 cm³/mol. The zero-order chi connectivity index (χ0) is 21.1. The van der Waals surface area contributed by atoms with E-state index in [0.29, 0.717) is 39.5 Å². The highest BCUT2D eigenvalue weighted by Crippen LogP contribution is 2.37. The van der Waals surface area contributed by atoms with Crippen molar-refractivity contribution in [3.63, 3.8) is 0 Å². The number of aryl methyl sites for hydroxylation is 1. The molecule has 3 heterocycles. The molecule has 0 amide bonds. The van der Waals surface area contributed by atoms with Crippen molar-refractivity contribution in [2.45, 2.75) is 19.8 Å². The maximum Gasteiger partial charge on any atom is 0.348 e. The van der Waals surface area contributed by atoms with E-state index in [4.69, 9.17) is 14.2 Å². The smallest absolute Gasteiger partial charge is 0.348 e. The van der Waals surface area contributed by atoms with Crippen molar-refractivity contribution < 1.29 is 23.4 Å². The first-order valence-corrected chi connectivity index (χ1v) is 10.5. The van der Waals surface area contributed by atoms with Gasteiger partial charge >= 0.3 is 5.97 Å². The van der Waals surface area contributed by atoms with Gasteiger partial charge in [0.05, 0.1) is 24.8 Å². The number of nitrogens with zero attached hydrogens (tertiary/aromatic N) is 2. The Bertz CT molecular complexity index is 1070. The van der Waals surface area contributed by atoms with Crippen LogP contribution in [-0.2, 0) is 9.47 Å². The van der Waals surface area contributed by atoms with Crippen molar-refractivity contribution in [1.29, 1.82) is 0 Å². The molecule has 0 spiro atoms. The molecule has 2 aromatic heterocycles. The number of methoxy groups -OCH3 is 1. The van der Waals surface area contributed by atoms with E-state index in [2.05, 4.69) is 15.3 Å². The number of esters is 1. The second kappa shape index (κ2) is 8.93. The normalized spacial score (nSPS) is 14.6. The van der Waals surface area contributed by atoms with Gasteiger partial charge in [0.1, 0.15) is 33.4 Å². The summed E-state index contributed by atoms with van der Waals surface area (Å²) in [6.07, 6.45) is 3.28. The number of halogens is 1. The predicted octanol–water partition coefficient (Wildman–Crippen LogP) is 4.47. The van der Waals surface area contributed by atoms with E-state index in [1.807, 2.05) is 6.92 Å². The number of benzene rings is 1. The largest absolute Gasteiger partial charge is 0.491 e. The highest BCUT2D eigenvalue weighted by atomic mass is 32.1. The first-order chi connectivity index (χ1) is 14.6. The van der Waals surface area contributed by atoms with Gasteiger partial charge in [0, 0.05) is 19.3 Å². The molecule has 1 aliphatic heterocycles. The van der Waals surface area contributed by atoms with Crippen LogP contribution in [0.4, 0.5) is 15.9 Å². The number of rotatable bonds is 6. The molecule has 1 aliphatic rings. The van der Waals surface area contributed by atoms with Gasteiger partial charge in [-0.1, -0.05) is 0 Å². The van der Waals surface area contributed by atoms with Crippen LogP contribution in [0.2, 0.25) is 0 Å². The summed E-state index contributed by atoms with van der Waals surface area (Å²) in [6.45, 7) is 3.76. The maximum absolute atomic E-state index is 13.9. The monoisotopic (exact) mass is 431 g/mol. The molecule has 0 saturated carbocycles. The molecule has 1 fully saturated rings. The summed E-state index contributed by atoms with van der Waals surface area (Å²) >= 11 is 1.25. The zero-order valence-corrected chi connectivity index (χ0v) is 17.6. The average Bonchev–Trinajstić information content (AvgIpc) is 3.11. The van der Waals surface area contributed by atoms with Crippen molar-refractivity contribution in [1.82, 2.24) is 9.97 Å². The van der Waals surface area contributed by atoms with E-state index in [1.165, 1.54) is 36.9 Å². The lowest BCUT2D eigenvalue weighted by Gasteiger charge is -2.23. The minimum atomic E-state index is -0.413. The molecule has 0 bridgehead atoms. The topological polar surface area (TPSA) is 82.6 Å². The number of carbonyl (C=O) groups excluding carboxylic acids is 1. The lowest BCUT2D eigenvalue weighted by molar-refractivity contribution is 0.0498. The van der Waals surface area contributed by atoms with Gasteiger partial charge in [-0.3, -0.25) is 0 Å². The van der Waals surface area contributed by atoms with Gasteiger partial charge in [0.2, 0.25) is 0 Å². The van der Waals surface area contributed by atoms with Gasteiger partial charge in [-0.25, -0.2) is 19.2 Å². The van der Waals surface area contributed by atoms with Crippen LogP contribution in [0.15, 0.2) is 24.5 Å². The molecular weight excluding hydrogens is 409 g/mol. The van der Waals surface area contributed by atoms with E-state index in [9.17, 15) is 9.18 Å². The molecule has 0 atom stereocenters. The van der Waals surface area contributed by atoms with Crippen LogP contribution >= 0.6 is 11.3 Å². The molecule has 1 aromatic carbocycles. The summed E-state index contributed by atoms with van der Waals surface area (Å²) in [5, 5.41) is 3.95. The highest BCUT2D eigenvalue weighted by Gasteiger charge is 2.21. The van der Waals surface area contributed by atoms with E-state index < -0.39 is 5.97 Å². The van der Waals surface area contributed by atoms with Crippen molar-refractivity contribution >= 4 is 39.0 Å². The van der Waals surface area contributed by atoms with Crippen LogP contribution in [-0.4, -0.2) is 42.9 Å². The van der Waals surface area contributed by atoms with Gasteiger partial charge < -0.3 is 19.5 Å². The fraction of sp³-hybridized carbons (Fsp3) is 0.381. The third kappa shape index (κ3) is 4.22.